The molecule has 638 valence electrons. The average Bonchev–Trinajstić information content (AvgIpc) is 1.62. The maximum Gasteiger partial charge on any atom is 0.331 e. The SMILES string of the molecule is CCOC(=O)C=C(c1ccccc1)c1cc2cnc(SC)nc2n1-c1c(F)cccc1F.CCOC(=O)C=C(c1ccccc1)c1cc2cnc(SC)nc2n1-c1c(F)cccc1F.CCOC(=O)C=C(c1ccccc1)c1cc2cnc(SOOC)nc2n1-c1c(F)cccc1F.CSc1ncc2cc(C(=O)c3ccccc3Cl)n(-c3c(F)cccc3F)c2n1. The molecule has 0 atom stereocenters. The number of halogens is 9. The number of ketones is 1. The van der Waals surface area contributed by atoms with Gasteiger partial charge in [0.25, 0.3) is 0 Å². The van der Waals surface area contributed by atoms with Crippen LogP contribution in [0, 0.1) is 46.5 Å². The Hall–Kier alpha value is -13.4. The summed E-state index contributed by atoms with van der Waals surface area (Å²) in [5.74, 6) is -8.43. The molecular formula is C92H69ClF8N12O9S4. The first-order chi connectivity index (χ1) is 61.1. The van der Waals surface area contributed by atoms with Gasteiger partial charge in [-0.25, -0.2) is 94.3 Å². The molecule has 0 unspecified atom stereocenters. The normalized spacial score (nSPS) is 11.6. The van der Waals surface area contributed by atoms with Crippen LogP contribution in [-0.2, 0) is 37.8 Å². The monoisotopic (exact) mass is 1800 g/mol. The molecule has 21 nitrogen and oxygen atoms in total. The van der Waals surface area contributed by atoms with E-state index in [-0.39, 0.29) is 75.3 Å². The van der Waals surface area contributed by atoms with E-state index in [1.54, 1.807) is 106 Å². The Labute approximate surface area is 736 Å². The summed E-state index contributed by atoms with van der Waals surface area (Å²) < 4.78 is 144. The number of thioether (sulfide) groups is 3. The topological polar surface area (TPSA) is 237 Å². The van der Waals surface area contributed by atoms with Crippen LogP contribution in [0.25, 0.3) is 83.6 Å². The number of esters is 3. The second kappa shape index (κ2) is 41.8. The van der Waals surface area contributed by atoms with E-state index < -0.39 is 70.2 Å². The number of carbonyl (C=O) groups is 4. The van der Waals surface area contributed by atoms with Crippen molar-refractivity contribution in [2.75, 3.05) is 45.7 Å². The Kier molecular flexibility index (Phi) is 30.0. The van der Waals surface area contributed by atoms with Crippen molar-refractivity contribution >= 4 is 143 Å². The van der Waals surface area contributed by atoms with E-state index in [4.69, 9.17) is 30.1 Å². The number of hydrogen-bond acceptors (Lipinski definition) is 21. The highest BCUT2D eigenvalue weighted by molar-refractivity contribution is 7.98. The number of carbonyl (C=O) groups excluding carboxylic acids is 4. The number of nitrogens with zero attached hydrogens (tertiary/aromatic N) is 12. The first-order valence-electron chi connectivity index (χ1n) is 38.0. The van der Waals surface area contributed by atoms with Crippen molar-refractivity contribution in [2.24, 2.45) is 0 Å². The molecule has 0 fully saturated rings. The van der Waals surface area contributed by atoms with Crippen molar-refractivity contribution in [3.8, 4) is 22.7 Å². The van der Waals surface area contributed by atoms with Crippen LogP contribution in [-0.4, -0.2) is 128 Å². The zero-order valence-electron chi connectivity index (χ0n) is 67.4. The summed E-state index contributed by atoms with van der Waals surface area (Å²) in [5.41, 5.74) is 4.44. The lowest BCUT2D eigenvalue weighted by molar-refractivity contribution is -0.160. The number of fused-ring (bicyclic) bond motifs is 4. The minimum absolute atomic E-state index is 0.0413. The van der Waals surface area contributed by atoms with Crippen LogP contribution in [0.1, 0.15) is 70.6 Å². The van der Waals surface area contributed by atoms with Gasteiger partial charge < -0.3 is 14.2 Å². The average molecular weight is 1800 g/mol. The van der Waals surface area contributed by atoms with E-state index in [0.717, 1.165) is 36.3 Å². The molecule has 0 aliphatic carbocycles. The maximum atomic E-state index is 15.0. The van der Waals surface area contributed by atoms with E-state index in [2.05, 4.69) is 44.8 Å². The molecule has 0 saturated heterocycles. The van der Waals surface area contributed by atoms with E-state index in [1.165, 1.54) is 146 Å². The molecule has 0 bridgehead atoms. The lowest BCUT2D eigenvalue weighted by atomic mass is 10.0. The fourth-order valence-corrected chi connectivity index (χ4v) is 14.8. The van der Waals surface area contributed by atoms with E-state index >= 15 is 8.78 Å². The van der Waals surface area contributed by atoms with Gasteiger partial charge in [-0.3, -0.25) is 23.1 Å². The zero-order chi connectivity index (χ0) is 89.2. The van der Waals surface area contributed by atoms with E-state index in [0.29, 0.717) is 98.8 Å². The second-order valence-corrected chi connectivity index (χ2v) is 29.6. The molecule has 0 saturated carbocycles. The van der Waals surface area contributed by atoms with Crippen molar-refractivity contribution in [1.82, 2.24) is 58.1 Å². The molecule has 16 aromatic rings. The number of ether oxygens (including phenoxy) is 3. The quantitative estimate of drug-likeness (QED) is 0.00522. The Morgan fingerprint density at radius 2 is 0.619 bits per heavy atom. The second-order valence-electron chi connectivity index (χ2n) is 26.2. The van der Waals surface area contributed by atoms with E-state index in [1.807, 2.05) is 79.2 Å². The zero-order valence-corrected chi connectivity index (χ0v) is 71.5. The van der Waals surface area contributed by atoms with Crippen LogP contribution in [0.3, 0.4) is 0 Å². The van der Waals surface area contributed by atoms with Crippen molar-refractivity contribution in [3.05, 3.63) is 352 Å². The van der Waals surface area contributed by atoms with Crippen LogP contribution in [0.2, 0.25) is 5.02 Å². The number of aromatic nitrogens is 12. The van der Waals surface area contributed by atoms with Gasteiger partial charge in [-0.2, -0.15) is 4.33 Å². The van der Waals surface area contributed by atoms with Gasteiger partial charge in [0.05, 0.1) is 54.7 Å². The number of hydrogen-bond donors (Lipinski definition) is 0. The van der Waals surface area contributed by atoms with Gasteiger partial charge >= 0.3 is 17.9 Å². The van der Waals surface area contributed by atoms with Gasteiger partial charge in [0, 0.05) is 86.8 Å². The third kappa shape index (κ3) is 20.2. The van der Waals surface area contributed by atoms with Crippen LogP contribution in [0.15, 0.2) is 276 Å². The van der Waals surface area contributed by atoms with Crippen LogP contribution in [0.4, 0.5) is 35.1 Å². The summed E-state index contributed by atoms with van der Waals surface area (Å²) in [4.78, 5) is 89.8. The molecule has 0 spiro atoms. The van der Waals surface area contributed by atoms with Gasteiger partial charge in [0.15, 0.2) is 15.5 Å². The molecule has 8 heterocycles. The first kappa shape index (κ1) is 90.3. The van der Waals surface area contributed by atoms with Crippen LogP contribution < -0.4 is 0 Å². The number of benzene rings is 8. The van der Waals surface area contributed by atoms with Crippen molar-refractivity contribution in [1.29, 1.82) is 0 Å². The lowest BCUT2D eigenvalue weighted by Crippen LogP contribution is -2.12. The maximum absolute atomic E-state index is 15.0. The smallest absolute Gasteiger partial charge is 0.331 e. The lowest BCUT2D eigenvalue weighted by Gasteiger charge is -2.15. The third-order valence-corrected chi connectivity index (χ3v) is 21.1. The van der Waals surface area contributed by atoms with E-state index in [9.17, 15) is 45.5 Å². The molecule has 34 heteroatoms. The molecule has 126 heavy (non-hydrogen) atoms. The van der Waals surface area contributed by atoms with Crippen LogP contribution in [0.5, 0.6) is 0 Å². The fraction of sp³-hybridized carbons (Fsp3) is 0.109. The van der Waals surface area contributed by atoms with Crippen molar-refractivity contribution in [2.45, 2.75) is 41.4 Å². The third-order valence-electron chi connectivity index (χ3n) is 18.5. The summed E-state index contributed by atoms with van der Waals surface area (Å²) >= 11 is 10.8. The van der Waals surface area contributed by atoms with Gasteiger partial charge in [-0.05, 0) is 141 Å². The summed E-state index contributed by atoms with van der Waals surface area (Å²) in [7, 11) is 1.33. The first-order valence-corrected chi connectivity index (χ1v) is 42.8. The largest absolute Gasteiger partial charge is 0.463 e. The standard InChI is InChI=1S/C24H19F2N3O4S.2C24H19F2N3O2S.C20H12ClF2N3OS/c1-3-32-21(30)13-17(15-8-5-4-6-9-15)20-12-16-14-27-24(34-33-31-2)28-23(16)29(20)22-18(25)10-7-11-19(22)26;2*1-3-31-21(30)13-17(15-8-5-4-6-9-15)20-12-16-14-27-24(32-2)28-23(16)29(20)22-18(25)10-7-11-19(22)26;1-28-20-24-10-11-9-16(18(27)12-5-2-3-6-13(12)21)26(19(11)25-20)17-14(22)7-4-8-15(17)23/h4-14H,3H2,1-2H3;2*4-14H,3H2,1-2H3;2-10H,1H3. The summed E-state index contributed by atoms with van der Waals surface area (Å²) in [5, 5.41) is 3.85. The molecule has 16 rings (SSSR count). The van der Waals surface area contributed by atoms with Crippen molar-refractivity contribution in [3.63, 3.8) is 0 Å². The fourth-order valence-electron chi connectivity index (χ4n) is 13.2. The predicted molar refractivity (Wildman–Crippen MR) is 470 cm³/mol. The Morgan fingerprint density at radius 1 is 0.357 bits per heavy atom. The summed E-state index contributed by atoms with van der Waals surface area (Å²) in [6.07, 6.45) is 15.6. The minimum atomic E-state index is -0.810. The Morgan fingerprint density at radius 3 is 0.897 bits per heavy atom. The Bertz CT molecular complexity index is 6560. The van der Waals surface area contributed by atoms with Crippen LogP contribution >= 0.6 is 58.9 Å². The number of rotatable bonds is 24. The summed E-state index contributed by atoms with van der Waals surface area (Å²) in [6, 6.07) is 54.7. The molecule has 0 amide bonds. The van der Waals surface area contributed by atoms with Crippen molar-refractivity contribution < 1.29 is 77.7 Å². The summed E-state index contributed by atoms with van der Waals surface area (Å²) in [6.45, 7) is 5.68. The highest BCUT2D eigenvalue weighted by Crippen LogP contribution is 2.40. The Balaban J connectivity index is 0.000000144. The highest BCUT2D eigenvalue weighted by atomic mass is 35.5. The molecule has 8 aromatic heterocycles. The molecular weight excluding hydrogens is 1730 g/mol. The highest BCUT2D eigenvalue weighted by Gasteiger charge is 2.30. The van der Waals surface area contributed by atoms with Gasteiger partial charge in [-0.1, -0.05) is 174 Å². The predicted octanol–water partition coefficient (Wildman–Crippen LogP) is 21.4. The van der Waals surface area contributed by atoms with Gasteiger partial charge in [0.2, 0.25) is 10.9 Å². The molecule has 0 radical (unpaired) electrons. The molecule has 0 aliphatic rings. The molecule has 8 aromatic carbocycles. The van der Waals surface area contributed by atoms with Gasteiger partial charge in [0.1, 0.15) is 104 Å². The van der Waals surface area contributed by atoms with Gasteiger partial charge in [-0.15, -0.1) is 0 Å². The minimum Gasteiger partial charge on any atom is -0.463 e. The number of para-hydroxylation sites is 4. The molecule has 0 N–H and O–H groups in total. The molecule has 0 aliphatic heterocycles.